The predicted molar refractivity (Wildman–Crippen MR) is 154 cm³/mol. The van der Waals surface area contributed by atoms with Crippen molar-refractivity contribution in [3.63, 3.8) is 0 Å². The molecule has 0 spiro atoms. The highest BCUT2D eigenvalue weighted by molar-refractivity contribution is 5.82. The molecule has 5 nitrogen and oxygen atoms in total. The van der Waals surface area contributed by atoms with Crippen LogP contribution in [-0.4, -0.2) is 28.9 Å². The van der Waals surface area contributed by atoms with E-state index >= 15 is 0 Å². The Labute approximate surface area is 232 Å². The minimum Gasteiger partial charge on any atom is -0.364 e. The average Bonchev–Trinajstić information content (AvgIpc) is 3.41. The van der Waals surface area contributed by atoms with Gasteiger partial charge in [0.25, 0.3) is 5.91 Å². The van der Waals surface area contributed by atoms with Crippen molar-refractivity contribution in [1.29, 1.82) is 5.26 Å². The van der Waals surface area contributed by atoms with Crippen molar-refractivity contribution in [2.45, 2.75) is 69.9 Å². The maximum Gasteiger partial charge on any atom is 0.315 e. The quantitative estimate of drug-likeness (QED) is 0.232. The Morgan fingerprint density at radius 2 is 1.46 bits per heavy atom. The van der Waals surface area contributed by atoms with Gasteiger partial charge in [0.05, 0.1) is 24.4 Å². The van der Waals surface area contributed by atoms with Crippen LogP contribution in [0.15, 0.2) is 91.0 Å². The number of hydrogen-bond acceptors (Lipinski definition) is 3. The number of nitriles is 1. The molecule has 1 fully saturated rings. The fraction of sp³-hybridized carbons (Fsp3) is 0.382. The molecule has 39 heavy (non-hydrogen) atoms. The van der Waals surface area contributed by atoms with E-state index in [1.807, 2.05) is 91.0 Å². The zero-order valence-corrected chi connectivity index (χ0v) is 23.1. The molecule has 0 saturated carbocycles. The average molecular weight is 523 g/mol. The standard InChI is InChI=1S/C34H39N3O2/c1-26(2)34(25-35,29-19-10-5-11-20-29)23-13-12-22-31(38)37(24-14-21-30(37)33(36)39)32(27-15-6-3-7-16-27)28-17-8-4-9-18-28/h3-11,15-20,26,30,32H,12-14,21-24H2,1-2H3,(H-,36,39)/p+1/t30?,34-,37+/m0/s1. The number of unbranched alkanes of at least 4 members (excludes halogenated alkanes) is 1. The summed E-state index contributed by atoms with van der Waals surface area (Å²) < 4.78 is 0.0373. The van der Waals surface area contributed by atoms with Crippen LogP contribution in [0.4, 0.5) is 0 Å². The lowest BCUT2D eigenvalue weighted by Gasteiger charge is -2.43. The van der Waals surface area contributed by atoms with Gasteiger partial charge in [-0.1, -0.05) is 111 Å². The maximum atomic E-state index is 14.4. The van der Waals surface area contributed by atoms with Crippen LogP contribution < -0.4 is 5.73 Å². The number of quaternary nitrogens is 1. The van der Waals surface area contributed by atoms with Gasteiger partial charge in [0.2, 0.25) is 0 Å². The molecule has 202 valence electrons. The highest BCUT2D eigenvalue weighted by Gasteiger charge is 2.56. The summed E-state index contributed by atoms with van der Waals surface area (Å²) >= 11 is 0. The van der Waals surface area contributed by atoms with E-state index in [4.69, 9.17) is 5.73 Å². The molecule has 2 amide bonds. The Morgan fingerprint density at radius 1 is 0.923 bits per heavy atom. The number of benzene rings is 3. The van der Waals surface area contributed by atoms with Gasteiger partial charge in [0, 0.05) is 24.0 Å². The largest absolute Gasteiger partial charge is 0.364 e. The summed E-state index contributed by atoms with van der Waals surface area (Å²) in [6.07, 6.45) is 3.80. The van der Waals surface area contributed by atoms with Gasteiger partial charge >= 0.3 is 5.91 Å². The lowest BCUT2D eigenvalue weighted by Crippen LogP contribution is -2.62. The van der Waals surface area contributed by atoms with Crippen LogP contribution in [0.5, 0.6) is 0 Å². The van der Waals surface area contributed by atoms with Crippen LogP contribution in [0.1, 0.15) is 75.1 Å². The second kappa shape index (κ2) is 12.4. The summed E-state index contributed by atoms with van der Waals surface area (Å²) in [5.41, 5.74) is 8.44. The van der Waals surface area contributed by atoms with Crippen molar-refractivity contribution in [1.82, 2.24) is 0 Å². The van der Waals surface area contributed by atoms with Crippen LogP contribution in [0, 0.1) is 17.2 Å². The van der Waals surface area contributed by atoms with E-state index in [0.29, 0.717) is 32.2 Å². The molecule has 3 aromatic carbocycles. The smallest absolute Gasteiger partial charge is 0.315 e. The maximum absolute atomic E-state index is 14.4. The van der Waals surface area contributed by atoms with Crippen molar-refractivity contribution < 1.29 is 14.1 Å². The summed E-state index contributed by atoms with van der Waals surface area (Å²) in [5.74, 6) is -0.219. The number of amides is 2. The molecule has 3 atom stereocenters. The third kappa shape index (κ3) is 5.53. The number of nitrogens with two attached hydrogens (primary N) is 1. The van der Waals surface area contributed by atoms with Gasteiger partial charge in [-0.25, -0.2) is 9.28 Å². The van der Waals surface area contributed by atoms with E-state index in [1.165, 1.54) is 0 Å². The van der Waals surface area contributed by atoms with E-state index in [2.05, 4.69) is 19.9 Å². The van der Waals surface area contributed by atoms with Gasteiger partial charge in [-0.15, -0.1) is 0 Å². The van der Waals surface area contributed by atoms with Gasteiger partial charge in [0.1, 0.15) is 6.04 Å². The SMILES string of the molecule is CC(C)[C@@](C#N)(CCCCC(=O)[N@@+]1(C(c2ccccc2)c2ccccc2)CCCC1C(N)=O)c1ccccc1. The van der Waals surface area contributed by atoms with Gasteiger partial charge < -0.3 is 5.73 Å². The molecule has 5 heteroatoms. The summed E-state index contributed by atoms with van der Waals surface area (Å²) in [7, 11) is 0. The molecule has 2 N–H and O–H groups in total. The van der Waals surface area contributed by atoms with Gasteiger partial charge in [-0.2, -0.15) is 5.26 Å². The van der Waals surface area contributed by atoms with Crippen molar-refractivity contribution in [3.8, 4) is 6.07 Å². The Hall–Kier alpha value is -3.75. The molecule has 1 aliphatic rings. The summed E-state index contributed by atoms with van der Waals surface area (Å²) in [4.78, 5) is 27.2. The van der Waals surface area contributed by atoms with Crippen LogP contribution in [0.3, 0.4) is 0 Å². The molecular weight excluding hydrogens is 482 g/mol. The van der Waals surface area contributed by atoms with E-state index in [-0.39, 0.29) is 22.3 Å². The van der Waals surface area contributed by atoms with Crippen LogP contribution >= 0.6 is 0 Å². The highest BCUT2D eigenvalue weighted by Crippen LogP contribution is 2.44. The zero-order valence-electron chi connectivity index (χ0n) is 23.1. The molecule has 0 radical (unpaired) electrons. The second-order valence-corrected chi connectivity index (χ2v) is 11.1. The summed E-state index contributed by atoms with van der Waals surface area (Å²) in [6.45, 7) is 4.76. The Balaban J connectivity index is 1.63. The van der Waals surface area contributed by atoms with E-state index in [9.17, 15) is 14.9 Å². The van der Waals surface area contributed by atoms with Crippen molar-refractivity contribution in [2.75, 3.05) is 6.54 Å². The van der Waals surface area contributed by atoms with Gasteiger partial charge in [-0.3, -0.25) is 4.79 Å². The van der Waals surface area contributed by atoms with Gasteiger partial charge in [0.15, 0.2) is 6.04 Å². The molecule has 0 aromatic heterocycles. The minimum atomic E-state index is -0.601. The number of likely N-dealkylation sites (tertiary alicyclic amines) is 1. The molecule has 1 unspecified atom stereocenters. The molecule has 4 rings (SSSR count). The van der Waals surface area contributed by atoms with E-state index < -0.39 is 17.4 Å². The topological polar surface area (TPSA) is 83.9 Å². The first-order chi connectivity index (χ1) is 18.9. The Morgan fingerprint density at radius 3 is 1.95 bits per heavy atom. The number of carbonyl (C=O) groups is 2. The first-order valence-corrected chi connectivity index (χ1v) is 14.1. The minimum absolute atomic E-state index is 0.0373. The normalized spacial score (nSPS) is 20.4. The van der Waals surface area contributed by atoms with Crippen LogP contribution in [0.25, 0.3) is 0 Å². The van der Waals surface area contributed by atoms with E-state index in [0.717, 1.165) is 29.5 Å². The lowest BCUT2D eigenvalue weighted by molar-refractivity contribution is -0.882. The summed E-state index contributed by atoms with van der Waals surface area (Å²) in [5, 5.41) is 10.3. The monoisotopic (exact) mass is 522 g/mol. The summed E-state index contributed by atoms with van der Waals surface area (Å²) in [6, 6.07) is 31.8. The van der Waals surface area contributed by atoms with Crippen molar-refractivity contribution in [2.24, 2.45) is 11.7 Å². The van der Waals surface area contributed by atoms with E-state index in [1.54, 1.807) is 0 Å². The number of rotatable bonds is 11. The fourth-order valence-electron chi connectivity index (χ4n) is 6.69. The van der Waals surface area contributed by atoms with Crippen molar-refractivity contribution >= 4 is 11.8 Å². The Bertz CT molecular complexity index is 1250. The molecular formula is C34H40N3O2+. The van der Waals surface area contributed by atoms with Crippen LogP contribution in [-0.2, 0) is 15.0 Å². The number of carbonyl (C=O) groups excluding carboxylic acids is 2. The third-order valence-corrected chi connectivity index (χ3v) is 8.73. The molecule has 1 aliphatic heterocycles. The second-order valence-electron chi connectivity index (χ2n) is 11.1. The van der Waals surface area contributed by atoms with Crippen LogP contribution in [0.2, 0.25) is 0 Å². The molecule has 0 bridgehead atoms. The first-order valence-electron chi connectivity index (χ1n) is 14.1. The first kappa shape index (κ1) is 28.3. The van der Waals surface area contributed by atoms with Crippen molar-refractivity contribution in [3.05, 3.63) is 108 Å². The Kier molecular flexibility index (Phi) is 8.99. The zero-order chi connectivity index (χ0) is 27.9. The number of nitrogens with zero attached hydrogens (tertiary/aromatic N) is 2. The fourth-order valence-corrected chi connectivity index (χ4v) is 6.69. The molecule has 0 aliphatic carbocycles. The molecule has 1 heterocycles. The highest BCUT2D eigenvalue weighted by atomic mass is 16.2. The molecule has 1 saturated heterocycles. The lowest BCUT2D eigenvalue weighted by atomic mass is 9.69. The predicted octanol–water partition coefficient (Wildman–Crippen LogP) is 6.45. The number of primary amides is 1. The molecule has 3 aromatic rings. The third-order valence-electron chi connectivity index (χ3n) is 8.73. The van der Waals surface area contributed by atoms with Gasteiger partial charge in [-0.05, 0) is 24.3 Å². The number of hydrogen-bond donors (Lipinski definition) is 1.